The summed E-state index contributed by atoms with van der Waals surface area (Å²) in [5.41, 5.74) is -0.435. The molecule has 0 aromatic heterocycles. The van der Waals surface area contributed by atoms with E-state index < -0.39 is 21.9 Å². The van der Waals surface area contributed by atoms with Gasteiger partial charge in [-0.25, -0.2) is 0 Å². The highest BCUT2D eigenvalue weighted by Crippen LogP contribution is 2.29. The summed E-state index contributed by atoms with van der Waals surface area (Å²) in [6.07, 6.45) is -0.810. The van der Waals surface area contributed by atoms with Crippen molar-refractivity contribution in [2.75, 3.05) is 12.9 Å². The van der Waals surface area contributed by atoms with Crippen molar-refractivity contribution in [1.29, 1.82) is 0 Å². The molecule has 18 heavy (non-hydrogen) atoms. The Kier molecular flexibility index (Phi) is 4.53. The lowest BCUT2D eigenvalue weighted by atomic mass is 10.1. The molecular formula is C11H11F3O3S. The van der Waals surface area contributed by atoms with Gasteiger partial charge in [-0.1, -0.05) is 24.3 Å². The average molecular weight is 280 g/mol. The maximum atomic E-state index is 12.4. The second kappa shape index (κ2) is 5.53. The summed E-state index contributed by atoms with van der Waals surface area (Å²) in [4.78, 5) is 0. The molecule has 1 rings (SSSR count). The van der Waals surface area contributed by atoms with Crippen LogP contribution in [0.4, 0.5) is 13.2 Å². The van der Waals surface area contributed by atoms with Gasteiger partial charge in [0.2, 0.25) is 0 Å². The second-order valence-corrected chi connectivity index (χ2v) is 5.16. The molecule has 1 aromatic carbocycles. The first-order chi connectivity index (χ1) is 8.18. The van der Waals surface area contributed by atoms with Crippen LogP contribution in [0.2, 0.25) is 0 Å². The third-order valence-electron chi connectivity index (χ3n) is 1.90. The maximum Gasteiger partial charge on any atom is 0.416 e. The summed E-state index contributed by atoms with van der Waals surface area (Å²) in [5, 5.41) is 0. The minimum absolute atomic E-state index is 0.213. The molecule has 0 radical (unpaired) electrons. The van der Waals surface area contributed by atoms with Crippen molar-refractivity contribution in [1.82, 2.24) is 0 Å². The van der Waals surface area contributed by atoms with Gasteiger partial charge < -0.3 is 0 Å². The number of hydrogen-bond acceptors (Lipinski definition) is 3. The molecular weight excluding hydrogens is 269 g/mol. The molecule has 0 fully saturated rings. The fourth-order valence-corrected chi connectivity index (χ4v) is 1.49. The molecule has 0 saturated carbocycles. The minimum Gasteiger partial charge on any atom is -0.266 e. The van der Waals surface area contributed by atoms with E-state index in [2.05, 4.69) is 4.18 Å². The second-order valence-electron chi connectivity index (χ2n) is 3.51. The number of hydrogen-bond donors (Lipinski definition) is 0. The zero-order valence-electron chi connectivity index (χ0n) is 9.44. The lowest BCUT2D eigenvalue weighted by Crippen LogP contribution is -2.04. The van der Waals surface area contributed by atoms with E-state index in [1.165, 1.54) is 24.3 Å². The largest absolute Gasteiger partial charge is 0.416 e. The normalized spacial score (nSPS) is 13.1. The Labute approximate surface area is 103 Å². The highest BCUT2D eigenvalue weighted by Gasteiger charge is 2.30. The number of benzene rings is 1. The van der Waals surface area contributed by atoms with Gasteiger partial charge >= 0.3 is 6.18 Å². The van der Waals surface area contributed by atoms with Crippen LogP contribution in [0.25, 0.3) is 6.08 Å². The number of halogens is 3. The molecule has 0 bridgehead atoms. The lowest BCUT2D eigenvalue weighted by molar-refractivity contribution is -0.137. The molecule has 0 heterocycles. The predicted molar refractivity (Wildman–Crippen MR) is 61.3 cm³/mol. The van der Waals surface area contributed by atoms with E-state index in [1.807, 2.05) is 0 Å². The molecule has 0 unspecified atom stereocenters. The molecule has 3 nitrogen and oxygen atoms in total. The number of rotatable bonds is 4. The van der Waals surface area contributed by atoms with E-state index in [9.17, 15) is 21.6 Å². The summed E-state index contributed by atoms with van der Waals surface area (Å²) in [6, 6.07) is 4.69. The Morgan fingerprint density at radius 3 is 2.56 bits per heavy atom. The van der Waals surface area contributed by atoms with Crippen LogP contribution in [0.15, 0.2) is 30.3 Å². The zero-order chi connectivity index (χ0) is 13.8. The van der Waals surface area contributed by atoms with Gasteiger partial charge in [-0.3, -0.25) is 4.18 Å². The van der Waals surface area contributed by atoms with Gasteiger partial charge in [-0.2, -0.15) is 21.6 Å². The average Bonchev–Trinajstić information content (AvgIpc) is 2.22. The SMILES string of the molecule is CS(=O)(=O)OCC=Cc1cccc(C(F)(F)F)c1. The van der Waals surface area contributed by atoms with Crippen LogP contribution in [0.5, 0.6) is 0 Å². The van der Waals surface area contributed by atoms with Crippen molar-refractivity contribution in [2.45, 2.75) is 6.18 Å². The van der Waals surface area contributed by atoms with Crippen molar-refractivity contribution in [3.63, 3.8) is 0 Å². The Hall–Kier alpha value is -1.34. The molecule has 0 spiro atoms. The van der Waals surface area contributed by atoms with Crippen molar-refractivity contribution < 1.29 is 25.8 Å². The van der Waals surface area contributed by atoms with Gasteiger partial charge in [0.25, 0.3) is 10.1 Å². The maximum absolute atomic E-state index is 12.4. The van der Waals surface area contributed by atoms with Gasteiger partial charge in [0.15, 0.2) is 0 Å². The highest BCUT2D eigenvalue weighted by molar-refractivity contribution is 7.85. The Balaban J connectivity index is 2.71. The van der Waals surface area contributed by atoms with Crippen molar-refractivity contribution in [3.8, 4) is 0 Å². The van der Waals surface area contributed by atoms with Crippen LogP contribution in [-0.2, 0) is 20.5 Å². The molecule has 0 amide bonds. The van der Waals surface area contributed by atoms with E-state index in [4.69, 9.17) is 0 Å². The molecule has 0 N–H and O–H groups in total. The summed E-state index contributed by atoms with van der Waals surface area (Å²) in [6.45, 7) is -0.213. The van der Waals surface area contributed by atoms with Gasteiger partial charge in [-0.05, 0) is 17.7 Å². The number of alkyl halides is 3. The smallest absolute Gasteiger partial charge is 0.266 e. The van der Waals surface area contributed by atoms with E-state index in [0.29, 0.717) is 5.56 Å². The quantitative estimate of drug-likeness (QED) is 0.796. The van der Waals surface area contributed by atoms with Crippen molar-refractivity contribution in [3.05, 3.63) is 41.5 Å². The van der Waals surface area contributed by atoms with Crippen molar-refractivity contribution in [2.24, 2.45) is 0 Å². The van der Waals surface area contributed by atoms with E-state index in [-0.39, 0.29) is 6.61 Å². The lowest BCUT2D eigenvalue weighted by Gasteiger charge is -2.06. The van der Waals surface area contributed by atoms with E-state index >= 15 is 0 Å². The Morgan fingerprint density at radius 1 is 1.33 bits per heavy atom. The molecule has 100 valence electrons. The van der Waals surface area contributed by atoms with Gasteiger partial charge in [0.1, 0.15) is 0 Å². The molecule has 0 aliphatic rings. The summed E-state index contributed by atoms with van der Waals surface area (Å²) >= 11 is 0. The Bertz CT molecular complexity index is 533. The third-order valence-corrected chi connectivity index (χ3v) is 2.47. The highest BCUT2D eigenvalue weighted by atomic mass is 32.2. The third kappa shape index (κ3) is 5.33. The summed E-state index contributed by atoms with van der Waals surface area (Å²) in [7, 11) is -3.54. The molecule has 1 aromatic rings. The standard InChI is InChI=1S/C11H11F3O3S/c1-18(15,16)17-7-3-5-9-4-2-6-10(8-9)11(12,13)14/h2-6,8H,7H2,1H3. The Morgan fingerprint density at radius 2 is 2.00 bits per heavy atom. The van der Waals surface area contributed by atoms with Crippen LogP contribution in [-0.4, -0.2) is 21.3 Å². The van der Waals surface area contributed by atoms with E-state index in [1.54, 1.807) is 0 Å². The monoisotopic (exact) mass is 280 g/mol. The fourth-order valence-electron chi connectivity index (χ4n) is 1.17. The molecule has 0 saturated heterocycles. The van der Waals surface area contributed by atoms with Crippen LogP contribution < -0.4 is 0 Å². The fraction of sp³-hybridized carbons (Fsp3) is 0.273. The molecule has 0 aliphatic heterocycles. The molecule has 0 aliphatic carbocycles. The summed E-state index contributed by atoms with van der Waals surface area (Å²) in [5.74, 6) is 0. The predicted octanol–water partition coefficient (Wildman–Crippen LogP) is 2.69. The molecule has 0 atom stereocenters. The topological polar surface area (TPSA) is 43.4 Å². The van der Waals surface area contributed by atoms with Crippen molar-refractivity contribution >= 4 is 16.2 Å². The van der Waals surface area contributed by atoms with Crippen LogP contribution >= 0.6 is 0 Å². The van der Waals surface area contributed by atoms with Crippen LogP contribution in [0.1, 0.15) is 11.1 Å². The summed E-state index contributed by atoms with van der Waals surface area (Å²) < 4.78 is 62.8. The van der Waals surface area contributed by atoms with Gasteiger partial charge in [0, 0.05) is 0 Å². The first kappa shape index (κ1) is 14.7. The first-order valence-corrected chi connectivity index (χ1v) is 6.68. The van der Waals surface area contributed by atoms with Gasteiger partial charge in [0.05, 0.1) is 18.4 Å². The van der Waals surface area contributed by atoms with Crippen LogP contribution in [0.3, 0.4) is 0 Å². The minimum atomic E-state index is -4.40. The van der Waals surface area contributed by atoms with Gasteiger partial charge in [-0.15, -0.1) is 0 Å². The van der Waals surface area contributed by atoms with E-state index in [0.717, 1.165) is 18.4 Å². The zero-order valence-corrected chi connectivity index (χ0v) is 10.3. The first-order valence-electron chi connectivity index (χ1n) is 4.87. The van der Waals surface area contributed by atoms with Crippen LogP contribution in [0, 0.1) is 0 Å². The molecule has 7 heteroatoms.